The van der Waals surface area contributed by atoms with Gasteiger partial charge in [-0.3, -0.25) is 10.1 Å². The highest BCUT2D eigenvalue weighted by molar-refractivity contribution is 7.91. The largest absolute Gasteiger partial charge is 0.317 e. The summed E-state index contributed by atoms with van der Waals surface area (Å²) in [6.07, 6.45) is 1.21. The zero-order chi connectivity index (χ0) is 15.2. The summed E-state index contributed by atoms with van der Waals surface area (Å²) < 4.78 is 23.8. The van der Waals surface area contributed by atoms with Crippen molar-refractivity contribution in [3.63, 3.8) is 0 Å². The van der Waals surface area contributed by atoms with E-state index in [2.05, 4.69) is 5.32 Å². The maximum atomic E-state index is 12.5. The molecule has 0 aliphatic carbocycles. The van der Waals surface area contributed by atoms with Gasteiger partial charge >= 0.3 is 0 Å². The van der Waals surface area contributed by atoms with Crippen LogP contribution in [-0.4, -0.2) is 42.8 Å². The number of nitrogens with one attached hydrogen (secondary N) is 1. The highest BCUT2D eigenvalue weighted by atomic mass is 32.2. The minimum absolute atomic E-state index is 0.00755. The molecule has 0 bridgehead atoms. The first kappa shape index (κ1) is 15.0. The van der Waals surface area contributed by atoms with Crippen LogP contribution in [0.2, 0.25) is 0 Å². The van der Waals surface area contributed by atoms with Crippen LogP contribution in [0.4, 0.5) is 0 Å². The number of nitrogens with zero attached hydrogens (tertiary/aromatic N) is 1. The molecule has 0 aromatic carbocycles. The number of carbonyl (C=O) groups is 1. The van der Waals surface area contributed by atoms with Crippen LogP contribution in [-0.2, 0) is 14.6 Å². The average molecular weight is 328 g/mol. The quantitative estimate of drug-likeness (QED) is 0.892. The van der Waals surface area contributed by atoms with E-state index in [0.717, 1.165) is 11.3 Å². The van der Waals surface area contributed by atoms with Crippen LogP contribution in [0, 0.1) is 6.92 Å². The Bertz CT molecular complexity index is 653. The third-order valence-electron chi connectivity index (χ3n) is 4.17. The van der Waals surface area contributed by atoms with Crippen molar-refractivity contribution in [1.29, 1.82) is 0 Å². The summed E-state index contributed by atoms with van der Waals surface area (Å²) in [6, 6.07) is 3.58. The normalized spacial score (nSPS) is 32.6. The van der Waals surface area contributed by atoms with Crippen molar-refractivity contribution in [2.45, 2.75) is 44.9 Å². The molecule has 5 nitrogen and oxygen atoms in total. The van der Waals surface area contributed by atoms with E-state index in [1.54, 1.807) is 16.2 Å². The van der Waals surface area contributed by atoms with E-state index in [1.165, 1.54) is 4.88 Å². The van der Waals surface area contributed by atoms with Gasteiger partial charge in [-0.1, -0.05) is 0 Å². The molecule has 3 heterocycles. The van der Waals surface area contributed by atoms with Crippen molar-refractivity contribution >= 4 is 27.1 Å². The number of aryl methyl sites for hydroxylation is 1. The molecule has 1 aromatic rings. The Hall–Kier alpha value is -0.920. The van der Waals surface area contributed by atoms with E-state index in [1.807, 2.05) is 26.0 Å². The van der Waals surface area contributed by atoms with Gasteiger partial charge in [-0.25, -0.2) is 8.42 Å². The maximum absolute atomic E-state index is 12.5. The lowest BCUT2D eigenvalue weighted by Gasteiger charge is -2.34. The summed E-state index contributed by atoms with van der Waals surface area (Å²) in [5.74, 6) is 0.346. The maximum Gasteiger partial charge on any atom is 0.241 e. The Labute approximate surface area is 129 Å². The number of hydrogen-bond acceptors (Lipinski definition) is 5. The van der Waals surface area contributed by atoms with Crippen molar-refractivity contribution in [3.8, 4) is 0 Å². The molecule has 0 saturated carbocycles. The molecule has 2 saturated heterocycles. The van der Waals surface area contributed by atoms with Crippen molar-refractivity contribution in [2.75, 3.05) is 11.5 Å². The SMILES string of the molecule is Cc1ccc(C2NC(C)C(=O)N2C2CCCS(=O)(=O)C2)s1. The summed E-state index contributed by atoms with van der Waals surface area (Å²) in [6.45, 7) is 3.87. The van der Waals surface area contributed by atoms with E-state index < -0.39 is 9.84 Å². The van der Waals surface area contributed by atoms with Crippen molar-refractivity contribution in [3.05, 3.63) is 21.9 Å². The highest BCUT2D eigenvalue weighted by Crippen LogP contribution is 2.34. The fourth-order valence-corrected chi connectivity index (χ4v) is 5.79. The van der Waals surface area contributed by atoms with Gasteiger partial charge in [0.25, 0.3) is 0 Å². The van der Waals surface area contributed by atoms with Gasteiger partial charge in [-0.2, -0.15) is 0 Å². The standard InChI is InChI=1S/C14H20N2O3S2/c1-9-5-6-12(20-9)13-15-10(2)14(17)16(13)11-4-3-7-21(18,19)8-11/h5-6,10-11,13,15H,3-4,7-8H2,1-2H3. The predicted octanol–water partition coefficient (Wildman–Crippen LogP) is 1.45. The molecule has 0 spiro atoms. The molecule has 21 heavy (non-hydrogen) atoms. The van der Waals surface area contributed by atoms with Gasteiger partial charge in [0.2, 0.25) is 5.91 Å². The van der Waals surface area contributed by atoms with Crippen LogP contribution in [0.25, 0.3) is 0 Å². The van der Waals surface area contributed by atoms with Gasteiger partial charge in [-0.05, 0) is 38.8 Å². The number of amides is 1. The monoisotopic (exact) mass is 328 g/mol. The van der Waals surface area contributed by atoms with Crippen LogP contribution < -0.4 is 5.32 Å². The molecule has 2 aliphatic heterocycles. The third-order valence-corrected chi connectivity index (χ3v) is 7.03. The Kier molecular flexibility index (Phi) is 3.83. The molecule has 3 atom stereocenters. The Morgan fingerprint density at radius 1 is 1.38 bits per heavy atom. The van der Waals surface area contributed by atoms with Gasteiger partial charge in [0.15, 0.2) is 9.84 Å². The van der Waals surface area contributed by atoms with E-state index in [9.17, 15) is 13.2 Å². The van der Waals surface area contributed by atoms with Crippen LogP contribution in [0.15, 0.2) is 12.1 Å². The minimum Gasteiger partial charge on any atom is -0.317 e. The zero-order valence-corrected chi connectivity index (χ0v) is 13.8. The first-order chi connectivity index (χ1) is 9.87. The van der Waals surface area contributed by atoms with E-state index in [4.69, 9.17) is 0 Å². The first-order valence-electron chi connectivity index (χ1n) is 7.22. The summed E-state index contributed by atoms with van der Waals surface area (Å²) >= 11 is 1.65. The lowest BCUT2D eigenvalue weighted by molar-refractivity contribution is -0.131. The van der Waals surface area contributed by atoms with E-state index in [-0.39, 0.29) is 35.7 Å². The molecule has 1 aromatic heterocycles. The summed E-state index contributed by atoms with van der Waals surface area (Å²) in [5.41, 5.74) is 0. The summed E-state index contributed by atoms with van der Waals surface area (Å²) in [5, 5.41) is 3.30. The number of hydrogen-bond donors (Lipinski definition) is 1. The molecule has 1 N–H and O–H groups in total. The molecule has 116 valence electrons. The third kappa shape index (κ3) is 2.86. The van der Waals surface area contributed by atoms with Crippen molar-refractivity contribution in [1.82, 2.24) is 10.2 Å². The van der Waals surface area contributed by atoms with Crippen LogP contribution in [0.3, 0.4) is 0 Å². The lowest BCUT2D eigenvalue weighted by Crippen LogP contribution is -2.46. The fourth-order valence-electron chi connectivity index (χ4n) is 3.17. The Morgan fingerprint density at radius 2 is 2.14 bits per heavy atom. The zero-order valence-electron chi connectivity index (χ0n) is 12.2. The molecule has 3 rings (SSSR count). The second-order valence-electron chi connectivity index (χ2n) is 5.90. The van der Waals surface area contributed by atoms with E-state index >= 15 is 0 Å². The van der Waals surface area contributed by atoms with Crippen LogP contribution in [0.1, 0.15) is 35.7 Å². The molecule has 3 unspecified atom stereocenters. The molecule has 2 aliphatic rings. The minimum atomic E-state index is -3.03. The van der Waals surface area contributed by atoms with Crippen LogP contribution >= 0.6 is 11.3 Å². The Morgan fingerprint density at radius 3 is 2.76 bits per heavy atom. The number of sulfone groups is 1. The molecular formula is C14H20N2O3S2. The van der Waals surface area contributed by atoms with Crippen LogP contribution in [0.5, 0.6) is 0 Å². The van der Waals surface area contributed by atoms with Crippen molar-refractivity contribution < 1.29 is 13.2 Å². The smallest absolute Gasteiger partial charge is 0.241 e. The second-order valence-corrected chi connectivity index (χ2v) is 9.44. The molecule has 7 heteroatoms. The first-order valence-corrected chi connectivity index (χ1v) is 9.86. The number of thiophene rings is 1. The second kappa shape index (κ2) is 5.37. The Balaban J connectivity index is 1.91. The lowest BCUT2D eigenvalue weighted by atomic mass is 10.1. The highest BCUT2D eigenvalue weighted by Gasteiger charge is 2.43. The molecular weight excluding hydrogens is 308 g/mol. The van der Waals surface area contributed by atoms with Gasteiger partial charge in [0, 0.05) is 15.8 Å². The van der Waals surface area contributed by atoms with Gasteiger partial charge in [-0.15, -0.1) is 11.3 Å². The van der Waals surface area contributed by atoms with Gasteiger partial charge in [0.1, 0.15) is 6.17 Å². The van der Waals surface area contributed by atoms with Gasteiger partial charge in [0.05, 0.1) is 17.5 Å². The summed E-state index contributed by atoms with van der Waals surface area (Å²) in [4.78, 5) is 16.5. The summed E-state index contributed by atoms with van der Waals surface area (Å²) in [7, 11) is -3.03. The number of rotatable bonds is 2. The van der Waals surface area contributed by atoms with E-state index in [0.29, 0.717) is 6.42 Å². The average Bonchev–Trinajstić information content (AvgIpc) is 2.94. The van der Waals surface area contributed by atoms with Crippen molar-refractivity contribution in [2.24, 2.45) is 0 Å². The number of carbonyl (C=O) groups excluding carboxylic acids is 1. The topological polar surface area (TPSA) is 66.5 Å². The molecule has 0 radical (unpaired) electrons. The predicted molar refractivity (Wildman–Crippen MR) is 82.9 cm³/mol. The molecule has 2 fully saturated rings. The fraction of sp³-hybridized carbons (Fsp3) is 0.643. The molecule has 1 amide bonds. The van der Waals surface area contributed by atoms with Gasteiger partial charge < -0.3 is 4.90 Å².